The van der Waals surface area contributed by atoms with Crippen molar-refractivity contribution in [1.82, 2.24) is 10.2 Å². The zero-order valence-electron chi connectivity index (χ0n) is 17.3. The molecule has 32 heavy (non-hydrogen) atoms. The molecule has 2 unspecified atom stereocenters. The molecule has 2 atom stereocenters. The van der Waals surface area contributed by atoms with E-state index >= 15 is 0 Å². The molecule has 0 fully saturated rings. The second kappa shape index (κ2) is 10.6. The highest BCUT2D eigenvalue weighted by molar-refractivity contribution is 6.76. The molecule has 0 spiro atoms. The Hall–Kier alpha value is -2.16. The molecule has 0 aliphatic carbocycles. The number of halogens is 4. The predicted octanol–water partition coefficient (Wildman–Crippen LogP) is 4.13. The third-order valence-electron chi connectivity index (χ3n) is 4.96. The lowest BCUT2D eigenvalue weighted by atomic mass is 9.97. The van der Waals surface area contributed by atoms with E-state index in [1.807, 2.05) is 0 Å². The molecule has 1 aromatic rings. The van der Waals surface area contributed by atoms with Crippen molar-refractivity contribution in [2.45, 2.75) is 36.5 Å². The van der Waals surface area contributed by atoms with Gasteiger partial charge >= 0.3 is 5.97 Å². The van der Waals surface area contributed by atoms with Crippen LogP contribution in [0, 0.1) is 11.8 Å². The fraction of sp³-hybridized carbons (Fsp3) is 0.429. The minimum absolute atomic E-state index is 0.0107. The molecule has 2 N–H and O–H groups in total. The van der Waals surface area contributed by atoms with Crippen molar-refractivity contribution in [1.29, 1.82) is 0 Å². The average Bonchev–Trinajstić information content (AvgIpc) is 2.94. The Bertz CT molecular complexity index is 911. The van der Waals surface area contributed by atoms with Crippen LogP contribution in [-0.4, -0.2) is 50.1 Å². The van der Waals surface area contributed by atoms with E-state index in [1.54, 1.807) is 38.1 Å². The molecular formula is C21H22Cl3FN2O5. The van der Waals surface area contributed by atoms with Crippen molar-refractivity contribution in [3.8, 4) is 0 Å². The number of aliphatic carboxylic acids is 1. The third-order valence-corrected chi connectivity index (χ3v) is 5.48. The second-order valence-corrected chi connectivity index (χ2v) is 9.92. The average molecular weight is 508 g/mol. The van der Waals surface area contributed by atoms with Crippen molar-refractivity contribution in [2.24, 2.45) is 11.8 Å². The maximum Gasteiger partial charge on any atom is 0.310 e. The van der Waals surface area contributed by atoms with E-state index < -0.39 is 51.2 Å². The van der Waals surface area contributed by atoms with Crippen LogP contribution in [-0.2, 0) is 9.59 Å². The quantitative estimate of drug-likeness (QED) is 0.386. The normalized spacial score (nSPS) is 16.2. The molecule has 0 saturated carbocycles. The fourth-order valence-corrected chi connectivity index (χ4v) is 3.43. The van der Waals surface area contributed by atoms with E-state index in [2.05, 4.69) is 5.32 Å². The monoisotopic (exact) mass is 506 g/mol. The van der Waals surface area contributed by atoms with Crippen molar-refractivity contribution in [3.05, 3.63) is 47.3 Å². The van der Waals surface area contributed by atoms with Crippen molar-refractivity contribution in [2.75, 3.05) is 6.54 Å². The molecule has 1 heterocycles. The Labute approximate surface area is 199 Å². The van der Waals surface area contributed by atoms with Crippen LogP contribution in [0.5, 0.6) is 0 Å². The molecule has 11 heteroatoms. The molecule has 0 aromatic heterocycles. The van der Waals surface area contributed by atoms with Gasteiger partial charge in [-0.05, 0) is 37.0 Å². The minimum Gasteiger partial charge on any atom is -0.481 e. The number of hydrogen-bond donors (Lipinski definition) is 2. The number of fused-ring (bicyclic) bond motifs is 1. The summed E-state index contributed by atoms with van der Waals surface area (Å²) in [5.41, 5.74) is 0.588. The number of alkyl halides is 3. The molecule has 0 radical (unpaired) electrons. The van der Waals surface area contributed by atoms with Crippen LogP contribution in [0.15, 0.2) is 36.2 Å². The van der Waals surface area contributed by atoms with Gasteiger partial charge in [-0.3, -0.25) is 24.1 Å². The molecule has 1 aliphatic heterocycles. The van der Waals surface area contributed by atoms with Crippen LogP contribution >= 0.6 is 34.8 Å². The van der Waals surface area contributed by atoms with Crippen LogP contribution in [0.3, 0.4) is 0 Å². The van der Waals surface area contributed by atoms with Gasteiger partial charge in [-0.15, -0.1) is 0 Å². The van der Waals surface area contributed by atoms with Crippen molar-refractivity contribution in [3.63, 3.8) is 0 Å². The van der Waals surface area contributed by atoms with Crippen LogP contribution < -0.4 is 5.32 Å². The Balaban J connectivity index is 2.06. The summed E-state index contributed by atoms with van der Waals surface area (Å²) in [6, 6.07) is 5.19. The van der Waals surface area contributed by atoms with Gasteiger partial charge in [-0.2, -0.15) is 0 Å². The second-order valence-electron chi connectivity index (χ2n) is 7.64. The Morgan fingerprint density at radius 3 is 2.12 bits per heavy atom. The summed E-state index contributed by atoms with van der Waals surface area (Å²) in [6.45, 7) is 3.20. The molecule has 7 nitrogen and oxygen atoms in total. The van der Waals surface area contributed by atoms with Gasteiger partial charge < -0.3 is 10.4 Å². The first-order valence-corrected chi connectivity index (χ1v) is 10.9. The van der Waals surface area contributed by atoms with E-state index in [0.717, 1.165) is 11.0 Å². The Morgan fingerprint density at radius 2 is 1.69 bits per heavy atom. The summed E-state index contributed by atoms with van der Waals surface area (Å²) in [5.74, 6) is -5.84. The SMILES string of the molecule is CC(C)C(NC(=O)C(Cl)(Cl)Cl)C(F)=CC(CCCN1C(=O)c2ccccc2C1=O)C(=O)O. The predicted molar refractivity (Wildman–Crippen MR) is 118 cm³/mol. The zero-order chi connectivity index (χ0) is 24.2. The zero-order valence-corrected chi connectivity index (χ0v) is 19.5. The highest BCUT2D eigenvalue weighted by Gasteiger charge is 2.36. The third kappa shape index (κ3) is 6.21. The largest absolute Gasteiger partial charge is 0.481 e. The number of carboxylic acids is 1. The van der Waals surface area contributed by atoms with Gasteiger partial charge in [0.2, 0.25) is 0 Å². The van der Waals surface area contributed by atoms with Crippen LogP contribution in [0.4, 0.5) is 4.39 Å². The number of carbonyl (C=O) groups excluding carboxylic acids is 3. The van der Waals surface area contributed by atoms with Crippen molar-refractivity contribution < 1.29 is 28.7 Å². The number of imide groups is 1. The molecule has 1 aliphatic rings. The number of nitrogens with one attached hydrogen (secondary N) is 1. The Kier molecular flexibility index (Phi) is 8.67. The van der Waals surface area contributed by atoms with E-state index in [9.17, 15) is 28.7 Å². The smallest absolute Gasteiger partial charge is 0.310 e. The van der Waals surface area contributed by atoms with Crippen molar-refractivity contribution >= 4 is 58.5 Å². The molecule has 174 valence electrons. The highest BCUT2D eigenvalue weighted by Crippen LogP contribution is 2.28. The number of carboxylic acid groups (broad SMARTS) is 1. The lowest BCUT2D eigenvalue weighted by molar-refractivity contribution is -0.140. The summed E-state index contributed by atoms with van der Waals surface area (Å²) in [5, 5.41) is 11.7. The molecule has 0 saturated heterocycles. The fourth-order valence-electron chi connectivity index (χ4n) is 3.26. The molecule has 1 aromatic carbocycles. The molecular weight excluding hydrogens is 486 g/mol. The van der Waals surface area contributed by atoms with Crippen LogP contribution in [0.2, 0.25) is 0 Å². The van der Waals surface area contributed by atoms with Crippen LogP contribution in [0.1, 0.15) is 47.4 Å². The van der Waals surface area contributed by atoms with Gasteiger partial charge in [0.15, 0.2) is 0 Å². The highest BCUT2D eigenvalue weighted by atomic mass is 35.6. The van der Waals surface area contributed by atoms with E-state index in [0.29, 0.717) is 11.1 Å². The summed E-state index contributed by atoms with van der Waals surface area (Å²) in [7, 11) is 0. The van der Waals surface area contributed by atoms with Crippen LogP contribution in [0.25, 0.3) is 0 Å². The number of nitrogens with zero attached hydrogens (tertiary/aromatic N) is 1. The first-order valence-electron chi connectivity index (χ1n) is 9.77. The lowest BCUT2D eigenvalue weighted by Crippen LogP contribution is -2.44. The number of carbonyl (C=O) groups is 4. The minimum atomic E-state index is -2.30. The number of rotatable bonds is 9. The van der Waals surface area contributed by atoms with Gasteiger partial charge in [0, 0.05) is 6.54 Å². The lowest BCUT2D eigenvalue weighted by Gasteiger charge is -2.24. The Morgan fingerprint density at radius 1 is 1.16 bits per heavy atom. The summed E-state index contributed by atoms with van der Waals surface area (Å²) < 4.78 is 12.5. The summed E-state index contributed by atoms with van der Waals surface area (Å²) in [4.78, 5) is 49.3. The topological polar surface area (TPSA) is 104 Å². The van der Waals surface area contributed by atoms with Gasteiger partial charge in [-0.25, -0.2) is 4.39 Å². The number of hydrogen-bond acceptors (Lipinski definition) is 4. The van der Waals surface area contributed by atoms with E-state index in [1.165, 1.54) is 0 Å². The molecule has 2 rings (SSSR count). The number of amides is 3. The standard InChI is InChI=1S/C21H22Cl3FN2O5/c1-11(2)16(26-20(32)21(22,23)24)15(25)10-12(19(30)31)6-5-9-27-17(28)13-7-3-4-8-14(13)18(27)29/h3-4,7-8,10-12,16H,5-6,9H2,1-2H3,(H,26,32)(H,30,31). The van der Waals surface area contributed by atoms with E-state index in [4.69, 9.17) is 34.8 Å². The van der Waals surface area contributed by atoms with Gasteiger partial charge in [0.1, 0.15) is 5.83 Å². The van der Waals surface area contributed by atoms with E-state index in [-0.39, 0.29) is 19.4 Å². The number of benzene rings is 1. The summed E-state index contributed by atoms with van der Waals surface area (Å²) in [6.07, 6.45) is 0.979. The molecule has 3 amide bonds. The maximum atomic E-state index is 14.8. The van der Waals surface area contributed by atoms with Gasteiger partial charge in [-0.1, -0.05) is 60.8 Å². The first kappa shape index (κ1) is 26.1. The van der Waals surface area contributed by atoms with Gasteiger partial charge in [0.25, 0.3) is 21.5 Å². The maximum absolute atomic E-state index is 14.8. The van der Waals surface area contributed by atoms with Gasteiger partial charge in [0.05, 0.1) is 23.1 Å². The molecule has 0 bridgehead atoms. The first-order chi connectivity index (χ1) is 14.8. The summed E-state index contributed by atoms with van der Waals surface area (Å²) >= 11 is 16.5.